The van der Waals surface area contributed by atoms with E-state index in [1.165, 1.54) is 38.0 Å². The average Bonchev–Trinajstić information content (AvgIpc) is 2.42. The predicted molar refractivity (Wildman–Crippen MR) is 90.1 cm³/mol. The molecule has 1 fully saturated rings. The summed E-state index contributed by atoms with van der Waals surface area (Å²) in [5.74, 6) is 0.860. The largest absolute Gasteiger partial charge is 0.317 e. The molecule has 0 aromatic heterocycles. The van der Waals surface area contributed by atoms with Gasteiger partial charge in [0.25, 0.3) is 0 Å². The van der Waals surface area contributed by atoms with Gasteiger partial charge in [0.05, 0.1) is 0 Å². The van der Waals surface area contributed by atoms with E-state index in [2.05, 4.69) is 36.3 Å². The van der Waals surface area contributed by atoms with E-state index >= 15 is 0 Å². The first-order valence-electron chi connectivity index (χ1n) is 7.30. The number of nitrogens with zero attached hydrogens (tertiary/aromatic N) is 1. The second-order valence-corrected chi connectivity index (χ2v) is 6.25. The van der Waals surface area contributed by atoms with E-state index in [0.717, 1.165) is 17.4 Å². The Labute approximate surface area is 134 Å². The van der Waals surface area contributed by atoms with Gasteiger partial charge in [0.1, 0.15) is 0 Å². The fourth-order valence-corrected chi connectivity index (χ4v) is 2.89. The van der Waals surface area contributed by atoms with Gasteiger partial charge in [-0.3, -0.25) is 0 Å². The number of halogens is 2. The molecule has 1 N–H and O–H groups in total. The lowest BCUT2D eigenvalue weighted by Gasteiger charge is -2.31. The van der Waals surface area contributed by atoms with Crippen molar-refractivity contribution in [1.82, 2.24) is 10.2 Å². The molecule has 1 aliphatic rings. The highest BCUT2D eigenvalue weighted by molar-refractivity contribution is 6.30. The minimum atomic E-state index is 0. The topological polar surface area (TPSA) is 15.3 Å². The van der Waals surface area contributed by atoms with Crippen molar-refractivity contribution < 1.29 is 0 Å². The van der Waals surface area contributed by atoms with Gasteiger partial charge in [-0.25, -0.2) is 0 Å². The van der Waals surface area contributed by atoms with Crippen LogP contribution in [-0.2, 0) is 6.42 Å². The highest BCUT2D eigenvalue weighted by Crippen LogP contribution is 2.16. The molecule has 2 rings (SSSR count). The van der Waals surface area contributed by atoms with Crippen LogP contribution in [0.2, 0.25) is 5.02 Å². The quantitative estimate of drug-likeness (QED) is 0.892. The van der Waals surface area contributed by atoms with E-state index in [1.807, 2.05) is 12.1 Å². The Kier molecular flexibility index (Phi) is 7.90. The van der Waals surface area contributed by atoms with E-state index < -0.39 is 0 Å². The number of hydrogen-bond acceptors (Lipinski definition) is 2. The smallest absolute Gasteiger partial charge is 0.0406 e. The molecular weight excluding hydrogens is 291 g/mol. The Morgan fingerprint density at radius 1 is 1.25 bits per heavy atom. The van der Waals surface area contributed by atoms with Crippen LogP contribution < -0.4 is 5.32 Å². The van der Waals surface area contributed by atoms with Gasteiger partial charge < -0.3 is 10.2 Å². The summed E-state index contributed by atoms with van der Waals surface area (Å²) in [7, 11) is 2.25. The van der Waals surface area contributed by atoms with Crippen LogP contribution in [0.5, 0.6) is 0 Å². The molecule has 1 saturated heterocycles. The number of piperidine rings is 1. The summed E-state index contributed by atoms with van der Waals surface area (Å²) in [6.07, 6.45) is 3.73. The minimum Gasteiger partial charge on any atom is -0.317 e. The molecule has 114 valence electrons. The molecule has 0 radical (unpaired) electrons. The van der Waals surface area contributed by atoms with E-state index in [4.69, 9.17) is 11.6 Å². The molecular formula is C16H26Cl2N2. The third kappa shape index (κ3) is 5.61. The molecule has 1 heterocycles. The summed E-state index contributed by atoms with van der Waals surface area (Å²) in [4.78, 5) is 2.50. The third-order valence-electron chi connectivity index (χ3n) is 4.20. The molecule has 1 aromatic carbocycles. The van der Waals surface area contributed by atoms with Crippen LogP contribution in [0.4, 0.5) is 0 Å². The summed E-state index contributed by atoms with van der Waals surface area (Å²) in [6, 6.07) is 8.82. The molecule has 1 aliphatic heterocycles. The molecule has 0 aliphatic carbocycles. The fraction of sp³-hybridized carbons (Fsp3) is 0.625. The Balaban J connectivity index is 0.00000200. The maximum Gasteiger partial charge on any atom is 0.0406 e. The van der Waals surface area contributed by atoms with Crippen LogP contribution in [0, 0.1) is 5.92 Å². The lowest BCUT2D eigenvalue weighted by molar-refractivity contribution is 0.194. The highest BCUT2D eigenvalue weighted by Gasteiger charge is 2.18. The van der Waals surface area contributed by atoms with Crippen molar-refractivity contribution in [3.05, 3.63) is 34.9 Å². The summed E-state index contributed by atoms with van der Waals surface area (Å²) in [5, 5.41) is 4.25. The Morgan fingerprint density at radius 3 is 2.45 bits per heavy atom. The second-order valence-electron chi connectivity index (χ2n) is 5.81. The molecule has 0 spiro atoms. The average molecular weight is 317 g/mol. The number of nitrogens with one attached hydrogen (secondary N) is 1. The molecule has 1 aromatic rings. The number of likely N-dealkylation sites (N-methyl/N-ethyl adjacent to an activating group) is 1. The molecule has 0 saturated carbocycles. The molecule has 4 heteroatoms. The molecule has 0 amide bonds. The van der Waals surface area contributed by atoms with Crippen LogP contribution in [0.1, 0.15) is 25.3 Å². The van der Waals surface area contributed by atoms with Crippen molar-refractivity contribution in [2.75, 3.05) is 26.7 Å². The normalized spacial score (nSPS) is 17.8. The Hall–Kier alpha value is -0.280. The lowest BCUT2D eigenvalue weighted by atomic mass is 9.96. The Morgan fingerprint density at radius 2 is 1.85 bits per heavy atom. The lowest BCUT2D eigenvalue weighted by Crippen LogP contribution is -2.39. The highest BCUT2D eigenvalue weighted by atomic mass is 35.5. The molecule has 2 nitrogen and oxygen atoms in total. The van der Waals surface area contributed by atoms with Crippen molar-refractivity contribution in [1.29, 1.82) is 0 Å². The predicted octanol–water partition coefficient (Wildman–Crippen LogP) is 3.62. The zero-order valence-electron chi connectivity index (χ0n) is 12.4. The van der Waals surface area contributed by atoms with Gasteiger partial charge in [0.15, 0.2) is 0 Å². The summed E-state index contributed by atoms with van der Waals surface area (Å²) in [6.45, 7) is 5.90. The van der Waals surface area contributed by atoms with Crippen molar-refractivity contribution in [2.24, 2.45) is 5.92 Å². The van der Waals surface area contributed by atoms with Crippen LogP contribution in [0.3, 0.4) is 0 Å². The second kappa shape index (κ2) is 8.89. The molecule has 1 atom stereocenters. The fourth-order valence-electron chi connectivity index (χ4n) is 2.77. The van der Waals surface area contributed by atoms with Gasteiger partial charge in [-0.2, -0.15) is 0 Å². The van der Waals surface area contributed by atoms with Gasteiger partial charge >= 0.3 is 0 Å². The maximum absolute atomic E-state index is 5.92. The standard InChI is InChI=1S/C16H25ClN2.ClH/c1-13(11-14-3-5-16(17)6-4-14)19(2)12-15-7-9-18-10-8-15;/h3-6,13,15,18H,7-12H2,1-2H3;1H. The zero-order chi connectivity index (χ0) is 13.7. The summed E-state index contributed by atoms with van der Waals surface area (Å²) in [5.41, 5.74) is 1.37. The zero-order valence-corrected chi connectivity index (χ0v) is 14.0. The summed E-state index contributed by atoms with van der Waals surface area (Å²) < 4.78 is 0. The van der Waals surface area contributed by atoms with Crippen molar-refractivity contribution in [2.45, 2.75) is 32.2 Å². The minimum absolute atomic E-state index is 0. The molecule has 0 bridgehead atoms. The van der Waals surface area contributed by atoms with Crippen LogP contribution in [0.25, 0.3) is 0 Å². The van der Waals surface area contributed by atoms with Gasteiger partial charge in [-0.1, -0.05) is 23.7 Å². The van der Waals surface area contributed by atoms with Crippen LogP contribution in [-0.4, -0.2) is 37.6 Å². The van der Waals surface area contributed by atoms with Crippen molar-refractivity contribution >= 4 is 24.0 Å². The Bertz CT molecular complexity index is 375. The van der Waals surface area contributed by atoms with Gasteiger partial charge in [0, 0.05) is 17.6 Å². The molecule has 1 unspecified atom stereocenters. The van der Waals surface area contributed by atoms with Crippen LogP contribution in [0.15, 0.2) is 24.3 Å². The summed E-state index contributed by atoms with van der Waals surface area (Å²) >= 11 is 5.92. The third-order valence-corrected chi connectivity index (χ3v) is 4.45. The van der Waals surface area contributed by atoms with Gasteiger partial charge in [-0.05, 0) is 69.9 Å². The number of benzene rings is 1. The van der Waals surface area contributed by atoms with E-state index in [0.29, 0.717) is 6.04 Å². The van der Waals surface area contributed by atoms with Crippen LogP contribution >= 0.6 is 24.0 Å². The first-order valence-corrected chi connectivity index (χ1v) is 7.68. The van der Waals surface area contributed by atoms with E-state index in [1.54, 1.807) is 0 Å². The van der Waals surface area contributed by atoms with Gasteiger partial charge in [0.2, 0.25) is 0 Å². The number of hydrogen-bond donors (Lipinski definition) is 1. The van der Waals surface area contributed by atoms with Gasteiger partial charge in [-0.15, -0.1) is 12.4 Å². The maximum atomic E-state index is 5.92. The SMILES string of the molecule is CC(Cc1ccc(Cl)cc1)N(C)CC1CCNCC1.Cl. The van der Waals surface area contributed by atoms with E-state index in [9.17, 15) is 0 Å². The number of rotatable bonds is 5. The molecule has 20 heavy (non-hydrogen) atoms. The first-order chi connectivity index (χ1) is 9.15. The monoisotopic (exact) mass is 316 g/mol. The van der Waals surface area contributed by atoms with E-state index in [-0.39, 0.29) is 12.4 Å². The van der Waals surface area contributed by atoms with Crippen molar-refractivity contribution in [3.8, 4) is 0 Å². The first kappa shape index (κ1) is 17.8. The van der Waals surface area contributed by atoms with Crippen molar-refractivity contribution in [3.63, 3.8) is 0 Å².